The lowest BCUT2D eigenvalue weighted by Crippen LogP contribution is -2.20. The molecule has 1 atom stereocenters. The molecule has 0 saturated heterocycles. The van der Waals surface area contributed by atoms with E-state index in [-0.39, 0.29) is 24.8 Å². The van der Waals surface area contributed by atoms with Crippen LogP contribution in [0.15, 0.2) is 24.5 Å². The molecule has 0 bridgehead atoms. The first-order chi connectivity index (χ1) is 11.1. The Labute approximate surface area is 160 Å². The Bertz CT molecular complexity index is 731. The molecule has 0 unspecified atom stereocenters. The molecule has 0 fully saturated rings. The molecule has 0 spiro atoms. The molecule has 138 valence electrons. The van der Waals surface area contributed by atoms with Gasteiger partial charge in [-0.1, -0.05) is 17.7 Å². The number of halogens is 2. The summed E-state index contributed by atoms with van der Waals surface area (Å²) >= 11 is 0. The average molecular weight is 386 g/mol. The number of hydrogen-bond acceptors (Lipinski definition) is 3. The van der Waals surface area contributed by atoms with Crippen LogP contribution in [0.4, 0.5) is 0 Å². The highest BCUT2D eigenvalue weighted by atomic mass is 35.5. The Hall–Kier alpha value is -1.56. The van der Waals surface area contributed by atoms with E-state index in [2.05, 4.69) is 34.7 Å². The second kappa shape index (κ2) is 9.22. The van der Waals surface area contributed by atoms with Crippen molar-refractivity contribution in [2.24, 2.45) is 11.7 Å². The van der Waals surface area contributed by atoms with Gasteiger partial charge in [0.1, 0.15) is 0 Å². The molecule has 1 aromatic carbocycles. The third-order valence-electron chi connectivity index (χ3n) is 4.62. The van der Waals surface area contributed by atoms with Gasteiger partial charge in [-0.3, -0.25) is 4.79 Å². The number of imidazole rings is 1. The molecule has 3 N–H and O–H groups in total. The Morgan fingerprint density at radius 2 is 2.12 bits per heavy atom. The van der Waals surface area contributed by atoms with Crippen molar-refractivity contribution in [1.29, 1.82) is 0 Å². The van der Waals surface area contributed by atoms with E-state index in [1.807, 2.05) is 6.33 Å². The minimum absolute atomic E-state index is 0. The number of rotatable bonds is 6. The van der Waals surface area contributed by atoms with Gasteiger partial charge in [0.15, 0.2) is 0 Å². The minimum atomic E-state index is -0.757. The maximum absolute atomic E-state index is 11.5. The van der Waals surface area contributed by atoms with Gasteiger partial charge < -0.3 is 15.4 Å². The van der Waals surface area contributed by atoms with Crippen LogP contribution in [-0.2, 0) is 24.1 Å². The van der Waals surface area contributed by atoms with Crippen LogP contribution in [-0.4, -0.2) is 27.2 Å². The predicted octanol–water partition coefficient (Wildman–Crippen LogP) is 3.11. The predicted molar refractivity (Wildman–Crippen MR) is 103 cm³/mol. The fourth-order valence-corrected chi connectivity index (χ4v) is 3.37. The summed E-state index contributed by atoms with van der Waals surface area (Å²) in [5, 5.41) is 9.42. The van der Waals surface area contributed by atoms with E-state index >= 15 is 0 Å². The third kappa shape index (κ3) is 4.54. The maximum atomic E-state index is 11.5. The summed E-state index contributed by atoms with van der Waals surface area (Å²) in [4.78, 5) is 16.0. The highest BCUT2D eigenvalue weighted by molar-refractivity contribution is 5.85. The van der Waals surface area contributed by atoms with Gasteiger partial charge in [-0.25, -0.2) is 4.98 Å². The van der Waals surface area contributed by atoms with Gasteiger partial charge in [0.05, 0.1) is 17.9 Å². The highest BCUT2D eigenvalue weighted by Gasteiger charge is 2.24. The summed E-state index contributed by atoms with van der Waals surface area (Å²) in [6.07, 6.45) is 5.55. The van der Waals surface area contributed by atoms with Gasteiger partial charge in [-0.05, 0) is 50.8 Å². The Balaban J connectivity index is 0.00000156. The summed E-state index contributed by atoms with van der Waals surface area (Å²) in [6.45, 7) is 2.63. The molecule has 1 aliphatic rings. The molecular formula is C18H25Cl2N3O2. The first-order valence-corrected chi connectivity index (χ1v) is 8.18. The standard InChI is InChI=1S/C18H23N3O2.2ClH/c1-12-4-6-16-13(9-12)5-7-17-15(20-11-21(16)17)10-14(18(22)23)3-2-8-19;;/h4,6,9,11,14H,2-3,5,7-8,10,19H2,1H3,(H,22,23);2*1H/t14-;;/m0../s1. The lowest BCUT2D eigenvalue weighted by atomic mass is 9.94. The highest BCUT2D eigenvalue weighted by Crippen LogP contribution is 2.28. The zero-order chi connectivity index (χ0) is 16.4. The molecule has 0 saturated carbocycles. The van der Waals surface area contributed by atoms with E-state index in [4.69, 9.17) is 5.73 Å². The lowest BCUT2D eigenvalue weighted by Gasteiger charge is -2.21. The number of nitrogens with two attached hydrogens (primary N) is 1. The van der Waals surface area contributed by atoms with E-state index in [0.717, 1.165) is 30.7 Å². The van der Waals surface area contributed by atoms with Crippen LogP contribution < -0.4 is 5.73 Å². The van der Waals surface area contributed by atoms with Crippen LogP contribution in [0.3, 0.4) is 0 Å². The smallest absolute Gasteiger partial charge is 0.306 e. The number of carboxylic acid groups (broad SMARTS) is 1. The van der Waals surface area contributed by atoms with Gasteiger partial charge in [0, 0.05) is 17.8 Å². The van der Waals surface area contributed by atoms with E-state index in [9.17, 15) is 9.90 Å². The SMILES string of the molecule is Cc1ccc2c(c1)CCc1c(C[C@H](CCCN)C(=O)O)ncn1-2.Cl.Cl. The van der Waals surface area contributed by atoms with Gasteiger partial charge in [0.2, 0.25) is 0 Å². The molecule has 0 aliphatic carbocycles. The van der Waals surface area contributed by atoms with Crippen molar-refractivity contribution < 1.29 is 9.90 Å². The zero-order valence-corrected chi connectivity index (χ0v) is 15.9. The second-order valence-electron chi connectivity index (χ2n) is 6.31. The molecule has 0 amide bonds. The minimum Gasteiger partial charge on any atom is -0.481 e. The Kier molecular flexibility index (Phi) is 7.93. The van der Waals surface area contributed by atoms with Crippen LogP contribution in [0, 0.1) is 12.8 Å². The summed E-state index contributed by atoms with van der Waals surface area (Å²) in [5.41, 5.74) is 11.4. The van der Waals surface area contributed by atoms with Crippen LogP contribution in [0.5, 0.6) is 0 Å². The van der Waals surface area contributed by atoms with Gasteiger partial charge in [-0.15, -0.1) is 24.8 Å². The molecule has 3 rings (SSSR count). The van der Waals surface area contributed by atoms with Crippen molar-refractivity contribution in [3.8, 4) is 5.69 Å². The van der Waals surface area contributed by atoms with Crippen LogP contribution in [0.2, 0.25) is 0 Å². The summed E-state index contributed by atoms with van der Waals surface area (Å²) < 4.78 is 2.12. The van der Waals surface area contributed by atoms with E-state index < -0.39 is 11.9 Å². The lowest BCUT2D eigenvalue weighted by molar-refractivity contribution is -0.142. The van der Waals surface area contributed by atoms with Crippen molar-refractivity contribution in [1.82, 2.24) is 9.55 Å². The van der Waals surface area contributed by atoms with E-state index in [0.29, 0.717) is 19.4 Å². The number of benzene rings is 1. The van der Waals surface area contributed by atoms with Crippen LogP contribution in [0.1, 0.15) is 35.4 Å². The average Bonchev–Trinajstić information content (AvgIpc) is 2.94. The Morgan fingerprint density at radius 1 is 1.36 bits per heavy atom. The number of aliphatic carboxylic acids is 1. The van der Waals surface area contributed by atoms with Crippen LogP contribution >= 0.6 is 24.8 Å². The van der Waals surface area contributed by atoms with Gasteiger partial charge in [-0.2, -0.15) is 0 Å². The number of aromatic nitrogens is 2. The Morgan fingerprint density at radius 3 is 2.80 bits per heavy atom. The van der Waals surface area contributed by atoms with Crippen molar-refractivity contribution in [3.05, 3.63) is 47.0 Å². The summed E-state index contributed by atoms with van der Waals surface area (Å²) in [5.74, 6) is -1.16. The topological polar surface area (TPSA) is 81.1 Å². The molecular weight excluding hydrogens is 361 g/mol. The van der Waals surface area contributed by atoms with Crippen molar-refractivity contribution in [2.45, 2.75) is 39.0 Å². The summed E-state index contributed by atoms with van der Waals surface area (Å²) in [6, 6.07) is 6.45. The van der Waals surface area contributed by atoms with Crippen molar-refractivity contribution >= 4 is 30.8 Å². The molecule has 1 aliphatic heterocycles. The van der Waals surface area contributed by atoms with Gasteiger partial charge in [0.25, 0.3) is 0 Å². The fraction of sp³-hybridized carbons (Fsp3) is 0.444. The number of hydrogen-bond donors (Lipinski definition) is 2. The molecule has 2 heterocycles. The molecule has 1 aromatic heterocycles. The summed E-state index contributed by atoms with van der Waals surface area (Å²) in [7, 11) is 0. The normalized spacial score (nSPS) is 13.0. The first-order valence-electron chi connectivity index (χ1n) is 8.18. The van der Waals surface area contributed by atoms with Crippen molar-refractivity contribution in [3.63, 3.8) is 0 Å². The number of nitrogens with zero attached hydrogens (tertiary/aromatic N) is 2. The monoisotopic (exact) mass is 385 g/mol. The third-order valence-corrected chi connectivity index (χ3v) is 4.62. The molecule has 25 heavy (non-hydrogen) atoms. The number of fused-ring (bicyclic) bond motifs is 3. The number of aryl methyl sites for hydroxylation is 2. The quantitative estimate of drug-likeness (QED) is 0.800. The number of carboxylic acids is 1. The number of carbonyl (C=O) groups is 1. The molecule has 0 radical (unpaired) electrons. The second-order valence-corrected chi connectivity index (χ2v) is 6.31. The van der Waals surface area contributed by atoms with Crippen LogP contribution in [0.25, 0.3) is 5.69 Å². The molecule has 5 nitrogen and oxygen atoms in total. The maximum Gasteiger partial charge on any atom is 0.306 e. The first kappa shape index (κ1) is 21.5. The van der Waals surface area contributed by atoms with E-state index in [1.54, 1.807) is 0 Å². The fourth-order valence-electron chi connectivity index (χ4n) is 3.37. The van der Waals surface area contributed by atoms with Crippen molar-refractivity contribution in [2.75, 3.05) is 6.54 Å². The molecule has 7 heteroatoms. The largest absolute Gasteiger partial charge is 0.481 e. The molecule has 2 aromatic rings. The zero-order valence-electron chi connectivity index (χ0n) is 14.3. The van der Waals surface area contributed by atoms with E-state index in [1.165, 1.54) is 16.8 Å². The van der Waals surface area contributed by atoms with Gasteiger partial charge >= 0.3 is 5.97 Å².